The lowest BCUT2D eigenvalue weighted by Crippen LogP contribution is -2.42. The first-order valence-electron chi connectivity index (χ1n) is 10.4. The molecule has 0 radical (unpaired) electrons. The zero-order chi connectivity index (χ0) is 21.8. The molecular formula is C24H24FN3O3. The fourth-order valence-corrected chi connectivity index (χ4v) is 3.97. The second kappa shape index (κ2) is 9.12. The Morgan fingerprint density at radius 2 is 1.97 bits per heavy atom. The summed E-state index contributed by atoms with van der Waals surface area (Å²) < 4.78 is 20.6. The van der Waals surface area contributed by atoms with Gasteiger partial charge < -0.3 is 9.64 Å². The lowest BCUT2D eigenvalue weighted by Gasteiger charge is -2.31. The Balaban J connectivity index is 1.71. The average Bonchev–Trinajstić information content (AvgIpc) is 3.24. The van der Waals surface area contributed by atoms with Crippen LogP contribution in [-0.2, 0) is 9.53 Å². The Morgan fingerprint density at radius 3 is 2.71 bits per heavy atom. The number of hydrogen-bond donors (Lipinski definition) is 0. The molecule has 1 atom stereocenters. The van der Waals surface area contributed by atoms with E-state index in [2.05, 4.69) is 5.10 Å². The zero-order valence-electron chi connectivity index (χ0n) is 17.3. The molecule has 1 aromatic heterocycles. The molecule has 6 nitrogen and oxygen atoms in total. The Labute approximate surface area is 180 Å². The molecule has 1 aliphatic heterocycles. The molecule has 0 saturated carbocycles. The van der Waals surface area contributed by atoms with E-state index in [0.29, 0.717) is 43.1 Å². The second-order valence-electron chi connectivity index (χ2n) is 7.51. The summed E-state index contributed by atoms with van der Waals surface area (Å²) >= 11 is 0. The number of esters is 1. The summed E-state index contributed by atoms with van der Waals surface area (Å²) in [5, 5.41) is 4.41. The van der Waals surface area contributed by atoms with Crippen LogP contribution in [0.2, 0.25) is 0 Å². The van der Waals surface area contributed by atoms with Gasteiger partial charge in [0.15, 0.2) is 0 Å². The van der Waals surface area contributed by atoms with Crippen molar-refractivity contribution in [1.82, 2.24) is 14.7 Å². The van der Waals surface area contributed by atoms with Gasteiger partial charge in [-0.25, -0.2) is 9.07 Å². The molecule has 0 unspecified atom stereocenters. The summed E-state index contributed by atoms with van der Waals surface area (Å²) in [6, 6.07) is 15.5. The predicted molar refractivity (Wildman–Crippen MR) is 114 cm³/mol. The summed E-state index contributed by atoms with van der Waals surface area (Å²) in [5.74, 6) is -1.17. The third-order valence-corrected chi connectivity index (χ3v) is 5.43. The molecule has 4 rings (SSSR count). The van der Waals surface area contributed by atoms with Crippen molar-refractivity contribution < 1.29 is 18.7 Å². The molecule has 0 spiro atoms. The number of carbonyl (C=O) groups excluding carboxylic acids is 2. The van der Waals surface area contributed by atoms with Crippen molar-refractivity contribution in [3.8, 4) is 16.9 Å². The minimum atomic E-state index is -0.381. The van der Waals surface area contributed by atoms with Crippen molar-refractivity contribution in [2.24, 2.45) is 5.92 Å². The molecule has 3 aromatic rings. The number of hydrogen-bond acceptors (Lipinski definition) is 4. The number of benzene rings is 2. The first-order chi connectivity index (χ1) is 15.1. The molecule has 31 heavy (non-hydrogen) atoms. The summed E-state index contributed by atoms with van der Waals surface area (Å²) in [6.07, 6.45) is 2.95. The molecule has 1 fully saturated rings. The fourth-order valence-electron chi connectivity index (χ4n) is 3.97. The number of rotatable bonds is 5. The van der Waals surface area contributed by atoms with Crippen LogP contribution in [0.4, 0.5) is 4.39 Å². The number of piperidine rings is 1. The van der Waals surface area contributed by atoms with E-state index in [1.54, 1.807) is 28.6 Å². The number of amides is 1. The maximum atomic E-state index is 13.9. The molecule has 1 amide bonds. The van der Waals surface area contributed by atoms with Crippen molar-refractivity contribution in [3.05, 3.63) is 72.2 Å². The van der Waals surface area contributed by atoms with E-state index >= 15 is 0 Å². The standard InChI is InChI=1S/C24H24FN3O3/c1-2-31-24(30)18-10-7-13-27(16-18)23(29)21-15-26-28(20-12-6-11-19(25)14-20)22(21)17-8-4-3-5-9-17/h3-6,8-9,11-12,14-15,18H,2,7,10,13,16H2,1H3/t18-/m0/s1. The van der Waals surface area contributed by atoms with Crippen molar-refractivity contribution in [2.75, 3.05) is 19.7 Å². The van der Waals surface area contributed by atoms with Crippen LogP contribution in [0.25, 0.3) is 16.9 Å². The molecule has 7 heteroatoms. The number of ether oxygens (including phenoxy) is 1. The maximum absolute atomic E-state index is 13.9. The van der Waals surface area contributed by atoms with E-state index in [1.807, 2.05) is 30.3 Å². The number of halogens is 1. The Kier molecular flexibility index (Phi) is 6.11. The summed E-state index contributed by atoms with van der Waals surface area (Å²) in [7, 11) is 0. The van der Waals surface area contributed by atoms with Gasteiger partial charge in [0.05, 0.1) is 35.7 Å². The SMILES string of the molecule is CCOC(=O)[C@H]1CCCN(C(=O)c2cnn(-c3cccc(F)c3)c2-c2ccccc2)C1. The van der Waals surface area contributed by atoms with Gasteiger partial charge in [0, 0.05) is 18.7 Å². The van der Waals surface area contributed by atoms with Gasteiger partial charge in [0.25, 0.3) is 5.91 Å². The van der Waals surface area contributed by atoms with Crippen LogP contribution in [0, 0.1) is 11.7 Å². The Hall–Kier alpha value is -3.48. The molecule has 2 aromatic carbocycles. The van der Waals surface area contributed by atoms with Crippen LogP contribution in [0.1, 0.15) is 30.1 Å². The lowest BCUT2D eigenvalue weighted by atomic mass is 9.97. The quantitative estimate of drug-likeness (QED) is 0.582. The molecule has 160 valence electrons. The van der Waals surface area contributed by atoms with Gasteiger partial charge in [-0.2, -0.15) is 5.10 Å². The van der Waals surface area contributed by atoms with Gasteiger partial charge in [-0.3, -0.25) is 9.59 Å². The van der Waals surface area contributed by atoms with Crippen LogP contribution in [-0.4, -0.2) is 46.3 Å². The van der Waals surface area contributed by atoms with Crippen molar-refractivity contribution in [1.29, 1.82) is 0 Å². The van der Waals surface area contributed by atoms with E-state index in [0.717, 1.165) is 12.0 Å². The first-order valence-corrected chi connectivity index (χ1v) is 10.4. The van der Waals surface area contributed by atoms with E-state index in [1.165, 1.54) is 18.3 Å². The smallest absolute Gasteiger partial charge is 0.310 e. The maximum Gasteiger partial charge on any atom is 0.310 e. The monoisotopic (exact) mass is 421 g/mol. The molecule has 0 aliphatic carbocycles. The predicted octanol–water partition coefficient (Wildman–Crippen LogP) is 4.09. The minimum Gasteiger partial charge on any atom is -0.466 e. The normalized spacial score (nSPS) is 16.2. The van der Waals surface area contributed by atoms with E-state index in [4.69, 9.17) is 4.74 Å². The number of likely N-dealkylation sites (tertiary alicyclic amines) is 1. The van der Waals surface area contributed by atoms with Gasteiger partial charge in [0.1, 0.15) is 5.82 Å². The highest BCUT2D eigenvalue weighted by molar-refractivity contribution is 6.00. The third-order valence-electron chi connectivity index (χ3n) is 5.43. The molecule has 2 heterocycles. The van der Waals surface area contributed by atoms with E-state index < -0.39 is 0 Å². The highest BCUT2D eigenvalue weighted by atomic mass is 19.1. The van der Waals surface area contributed by atoms with Crippen molar-refractivity contribution in [2.45, 2.75) is 19.8 Å². The zero-order valence-corrected chi connectivity index (χ0v) is 17.3. The summed E-state index contributed by atoms with van der Waals surface area (Å²) in [4.78, 5) is 27.4. The first kappa shape index (κ1) is 20.8. The van der Waals surface area contributed by atoms with Crippen molar-refractivity contribution in [3.63, 3.8) is 0 Å². The van der Waals surface area contributed by atoms with Crippen LogP contribution < -0.4 is 0 Å². The Bertz CT molecular complexity index is 1080. The molecule has 0 N–H and O–H groups in total. The lowest BCUT2D eigenvalue weighted by molar-refractivity contribution is -0.149. The average molecular weight is 421 g/mol. The van der Waals surface area contributed by atoms with Crippen LogP contribution in [0.5, 0.6) is 0 Å². The highest BCUT2D eigenvalue weighted by Crippen LogP contribution is 2.29. The topological polar surface area (TPSA) is 64.4 Å². The van der Waals surface area contributed by atoms with Gasteiger partial charge >= 0.3 is 5.97 Å². The van der Waals surface area contributed by atoms with Gasteiger partial charge in [0.2, 0.25) is 0 Å². The largest absolute Gasteiger partial charge is 0.466 e. The molecular weight excluding hydrogens is 397 g/mol. The van der Waals surface area contributed by atoms with Crippen LogP contribution >= 0.6 is 0 Å². The fraction of sp³-hybridized carbons (Fsp3) is 0.292. The highest BCUT2D eigenvalue weighted by Gasteiger charge is 2.32. The van der Waals surface area contributed by atoms with Gasteiger partial charge in [-0.15, -0.1) is 0 Å². The number of carbonyl (C=O) groups is 2. The molecule has 1 saturated heterocycles. The third kappa shape index (κ3) is 4.35. The van der Waals surface area contributed by atoms with Crippen LogP contribution in [0.3, 0.4) is 0 Å². The second-order valence-corrected chi connectivity index (χ2v) is 7.51. The van der Waals surface area contributed by atoms with Crippen molar-refractivity contribution >= 4 is 11.9 Å². The molecule has 1 aliphatic rings. The van der Waals surface area contributed by atoms with Crippen LogP contribution in [0.15, 0.2) is 60.8 Å². The summed E-state index contributed by atoms with van der Waals surface area (Å²) in [5.41, 5.74) is 2.34. The number of nitrogens with zero attached hydrogens (tertiary/aromatic N) is 3. The summed E-state index contributed by atoms with van der Waals surface area (Å²) in [6.45, 7) is 2.98. The minimum absolute atomic E-state index is 0.199. The number of aromatic nitrogens is 2. The van der Waals surface area contributed by atoms with E-state index in [-0.39, 0.29) is 23.6 Å². The van der Waals surface area contributed by atoms with Gasteiger partial charge in [-0.05, 0) is 38.0 Å². The Morgan fingerprint density at radius 1 is 1.16 bits per heavy atom. The molecule has 0 bridgehead atoms. The van der Waals surface area contributed by atoms with E-state index in [9.17, 15) is 14.0 Å². The van der Waals surface area contributed by atoms with Gasteiger partial charge in [-0.1, -0.05) is 36.4 Å².